The Kier molecular flexibility index (Phi) is 3.10. The predicted octanol–water partition coefficient (Wildman–Crippen LogP) is 2.46. The molecule has 0 bridgehead atoms. The Bertz CT molecular complexity index is 129. The van der Waals surface area contributed by atoms with E-state index in [9.17, 15) is 4.39 Å². The Labute approximate surface area is 74.9 Å². The minimum Gasteiger partial charge on any atom is -0.295 e. The quantitative estimate of drug-likeness (QED) is 0.620. The maximum absolute atomic E-state index is 13.1. The molecule has 1 aliphatic heterocycles. The van der Waals surface area contributed by atoms with Crippen LogP contribution < -0.4 is 0 Å². The standard InChI is InChI=1S/C10H20FN/c1-7(2)10-5-9(11)6-12(10)8(3)4/h7-10H,5-6H2,1-4H3/t9-,10+/m1/s1. The average Bonchev–Trinajstić information content (AvgIpc) is 2.31. The monoisotopic (exact) mass is 173 g/mol. The molecule has 0 radical (unpaired) electrons. The fourth-order valence-corrected chi connectivity index (χ4v) is 2.08. The van der Waals surface area contributed by atoms with E-state index >= 15 is 0 Å². The number of hydrogen-bond acceptors (Lipinski definition) is 1. The largest absolute Gasteiger partial charge is 0.295 e. The van der Waals surface area contributed by atoms with Crippen LogP contribution in [0.15, 0.2) is 0 Å². The molecule has 1 fully saturated rings. The van der Waals surface area contributed by atoms with Gasteiger partial charge in [0, 0.05) is 18.6 Å². The highest BCUT2D eigenvalue weighted by Crippen LogP contribution is 2.27. The first-order chi connectivity index (χ1) is 5.52. The highest BCUT2D eigenvalue weighted by atomic mass is 19.1. The van der Waals surface area contributed by atoms with Gasteiger partial charge in [-0.3, -0.25) is 4.90 Å². The van der Waals surface area contributed by atoms with Gasteiger partial charge in [0.05, 0.1) is 0 Å². The maximum Gasteiger partial charge on any atom is 0.114 e. The van der Waals surface area contributed by atoms with E-state index in [0.29, 0.717) is 24.5 Å². The van der Waals surface area contributed by atoms with Crippen molar-refractivity contribution in [1.82, 2.24) is 4.90 Å². The molecule has 0 aromatic rings. The summed E-state index contributed by atoms with van der Waals surface area (Å²) in [5.74, 6) is 0.577. The van der Waals surface area contributed by atoms with Gasteiger partial charge in [0.2, 0.25) is 0 Å². The molecule has 72 valence electrons. The molecule has 12 heavy (non-hydrogen) atoms. The second-order valence-corrected chi connectivity index (χ2v) is 4.43. The maximum atomic E-state index is 13.1. The highest BCUT2D eigenvalue weighted by molar-refractivity contribution is 4.88. The van der Waals surface area contributed by atoms with Crippen molar-refractivity contribution in [1.29, 1.82) is 0 Å². The number of nitrogens with zero attached hydrogens (tertiary/aromatic N) is 1. The Morgan fingerprint density at radius 1 is 1.25 bits per heavy atom. The van der Waals surface area contributed by atoms with Crippen molar-refractivity contribution in [3.05, 3.63) is 0 Å². The molecule has 0 spiro atoms. The number of likely N-dealkylation sites (tertiary alicyclic amines) is 1. The molecular formula is C10H20FN. The first-order valence-electron chi connectivity index (χ1n) is 4.92. The molecule has 0 aromatic heterocycles. The van der Waals surface area contributed by atoms with Gasteiger partial charge in [-0.1, -0.05) is 13.8 Å². The highest BCUT2D eigenvalue weighted by Gasteiger charge is 2.34. The van der Waals surface area contributed by atoms with Gasteiger partial charge < -0.3 is 0 Å². The summed E-state index contributed by atoms with van der Waals surface area (Å²) in [4.78, 5) is 2.29. The van der Waals surface area contributed by atoms with Crippen LogP contribution in [0.3, 0.4) is 0 Å². The lowest BCUT2D eigenvalue weighted by molar-refractivity contribution is 0.162. The SMILES string of the molecule is CC(C)[C@@H]1C[C@@H](F)CN1C(C)C. The van der Waals surface area contributed by atoms with Crippen molar-refractivity contribution in [2.24, 2.45) is 5.92 Å². The number of alkyl halides is 1. The first-order valence-corrected chi connectivity index (χ1v) is 4.92. The van der Waals surface area contributed by atoms with Gasteiger partial charge in [-0.2, -0.15) is 0 Å². The van der Waals surface area contributed by atoms with Crippen LogP contribution in [0.5, 0.6) is 0 Å². The lowest BCUT2D eigenvalue weighted by atomic mass is 10.0. The molecule has 1 nitrogen and oxygen atoms in total. The zero-order chi connectivity index (χ0) is 9.30. The molecule has 1 saturated heterocycles. The second-order valence-electron chi connectivity index (χ2n) is 4.43. The predicted molar refractivity (Wildman–Crippen MR) is 50.0 cm³/mol. The van der Waals surface area contributed by atoms with E-state index in [4.69, 9.17) is 0 Å². The third-order valence-corrected chi connectivity index (χ3v) is 2.76. The van der Waals surface area contributed by atoms with Crippen molar-refractivity contribution < 1.29 is 4.39 Å². The normalized spacial score (nSPS) is 32.2. The summed E-state index contributed by atoms with van der Waals surface area (Å²) in [6.45, 7) is 9.29. The molecular weight excluding hydrogens is 153 g/mol. The third kappa shape index (κ3) is 1.98. The summed E-state index contributed by atoms with van der Waals surface area (Å²) < 4.78 is 13.1. The van der Waals surface area contributed by atoms with E-state index in [0.717, 1.165) is 6.42 Å². The van der Waals surface area contributed by atoms with Crippen molar-refractivity contribution >= 4 is 0 Å². The molecule has 0 aromatic carbocycles. The lowest BCUT2D eigenvalue weighted by Crippen LogP contribution is -2.38. The van der Waals surface area contributed by atoms with E-state index in [1.165, 1.54) is 0 Å². The Morgan fingerprint density at radius 3 is 2.17 bits per heavy atom. The van der Waals surface area contributed by atoms with Crippen LogP contribution in [-0.4, -0.2) is 29.7 Å². The van der Waals surface area contributed by atoms with Gasteiger partial charge in [-0.25, -0.2) is 4.39 Å². The summed E-state index contributed by atoms with van der Waals surface area (Å²) in [5, 5.41) is 0. The van der Waals surface area contributed by atoms with Gasteiger partial charge >= 0.3 is 0 Å². The number of rotatable bonds is 2. The van der Waals surface area contributed by atoms with Crippen molar-refractivity contribution in [2.75, 3.05) is 6.54 Å². The van der Waals surface area contributed by atoms with Gasteiger partial charge in [0.25, 0.3) is 0 Å². The minimum absolute atomic E-state index is 0.458. The van der Waals surface area contributed by atoms with Crippen molar-refractivity contribution in [2.45, 2.75) is 52.4 Å². The van der Waals surface area contributed by atoms with Crippen molar-refractivity contribution in [3.8, 4) is 0 Å². The molecule has 0 unspecified atom stereocenters. The zero-order valence-corrected chi connectivity index (χ0v) is 8.55. The Hall–Kier alpha value is -0.110. The fourth-order valence-electron chi connectivity index (χ4n) is 2.08. The van der Waals surface area contributed by atoms with Crippen LogP contribution in [0.25, 0.3) is 0 Å². The van der Waals surface area contributed by atoms with E-state index in [-0.39, 0.29) is 0 Å². The van der Waals surface area contributed by atoms with Gasteiger partial charge in [0.15, 0.2) is 0 Å². The van der Waals surface area contributed by atoms with Gasteiger partial charge in [-0.15, -0.1) is 0 Å². The smallest absolute Gasteiger partial charge is 0.114 e. The molecule has 0 saturated carbocycles. The Balaban J connectivity index is 2.59. The van der Waals surface area contributed by atoms with Gasteiger partial charge in [-0.05, 0) is 26.2 Å². The van der Waals surface area contributed by atoms with E-state index in [2.05, 4.69) is 32.6 Å². The zero-order valence-electron chi connectivity index (χ0n) is 8.55. The van der Waals surface area contributed by atoms with Crippen LogP contribution in [0, 0.1) is 5.92 Å². The minimum atomic E-state index is -0.597. The van der Waals surface area contributed by atoms with Crippen LogP contribution in [-0.2, 0) is 0 Å². The topological polar surface area (TPSA) is 3.24 Å². The molecule has 0 N–H and O–H groups in total. The van der Waals surface area contributed by atoms with Crippen LogP contribution in [0.1, 0.15) is 34.1 Å². The molecule has 2 heteroatoms. The molecule has 1 heterocycles. The van der Waals surface area contributed by atoms with Crippen molar-refractivity contribution in [3.63, 3.8) is 0 Å². The molecule has 0 aliphatic carbocycles. The second kappa shape index (κ2) is 3.73. The summed E-state index contributed by atoms with van der Waals surface area (Å²) in [6.07, 6.45) is 0.135. The van der Waals surface area contributed by atoms with E-state index < -0.39 is 6.17 Å². The summed E-state index contributed by atoms with van der Waals surface area (Å²) in [6, 6.07) is 0.943. The van der Waals surface area contributed by atoms with Crippen LogP contribution in [0.4, 0.5) is 4.39 Å². The van der Waals surface area contributed by atoms with Gasteiger partial charge in [0.1, 0.15) is 6.17 Å². The first kappa shape index (κ1) is 9.97. The lowest BCUT2D eigenvalue weighted by Gasteiger charge is -2.30. The number of hydrogen-bond donors (Lipinski definition) is 0. The molecule has 1 rings (SSSR count). The molecule has 1 aliphatic rings. The van der Waals surface area contributed by atoms with Crippen LogP contribution >= 0.6 is 0 Å². The average molecular weight is 173 g/mol. The van der Waals surface area contributed by atoms with E-state index in [1.54, 1.807) is 0 Å². The third-order valence-electron chi connectivity index (χ3n) is 2.76. The number of halogens is 1. The van der Waals surface area contributed by atoms with E-state index in [1.807, 2.05) is 0 Å². The molecule has 0 amide bonds. The fraction of sp³-hybridized carbons (Fsp3) is 1.00. The summed E-state index contributed by atoms with van der Waals surface area (Å²) >= 11 is 0. The Morgan fingerprint density at radius 2 is 1.83 bits per heavy atom. The summed E-state index contributed by atoms with van der Waals surface area (Å²) in [7, 11) is 0. The summed E-state index contributed by atoms with van der Waals surface area (Å²) in [5.41, 5.74) is 0. The molecule has 2 atom stereocenters. The van der Waals surface area contributed by atoms with Crippen LogP contribution in [0.2, 0.25) is 0 Å².